The maximum atomic E-state index is 14.2. The molecule has 4 heteroatoms. The summed E-state index contributed by atoms with van der Waals surface area (Å²) < 4.78 is 15.9. The van der Waals surface area contributed by atoms with E-state index in [-0.39, 0.29) is 5.82 Å². The highest BCUT2D eigenvalue weighted by molar-refractivity contribution is 5.52. The van der Waals surface area contributed by atoms with Crippen molar-refractivity contribution < 1.29 is 4.39 Å². The predicted octanol–water partition coefficient (Wildman–Crippen LogP) is 2.92. The summed E-state index contributed by atoms with van der Waals surface area (Å²) in [5, 5.41) is 0. The fraction of sp³-hybridized carbons (Fsp3) is 0.357. The summed E-state index contributed by atoms with van der Waals surface area (Å²) in [4.78, 5) is 6.35. The number of aromatic nitrogens is 2. The van der Waals surface area contributed by atoms with Gasteiger partial charge in [-0.25, -0.2) is 9.37 Å². The number of aryl methyl sites for hydroxylation is 1. The molecule has 1 aromatic carbocycles. The Morgan fingerprint density at radius 3 is 2.61 bits per heavy atom. The maximum absolute atomic E-state index is 14.2. The van der Waals surface area contributed by atoms with Gasteiger partial charge in [-0.05, 0) is 38.0 Å². The molecule has 0 amide bonds. The monoisotopic (exact) mass is 245 g/mol. The van der Waals surface area contributed by atoms with Crippen LogP contribution in [0.25, 0.3) is 5.69 Å². The minimum atomic E-state index is -0.194. The molecule has 3 nitrogen and oxygen atoms in total. The second-order valence-electron chi connectivity index (χ2n) is 4.67. The largest absolute Gasteiger partial charge is 0.371 e. The number of anilines is 1. The fourth-order valence-corrected chi connectivity index (χ4v) is 2.50. The van der Waals surface area contributed by atoms with Crippen LogP contribution in [0.5, 0.6) is 0 Å². The van der Waals surface area contributed by atoms with Crippen molar-refractivity contribution >= 4 is 5.69 Å². The van der Waals surface area contributed by atoms with Crippen LogP contribution in [0.15, 0.2) is 30.6 Å². The third-order valence-electron chi connectivity index (χ3n) is 3.49. The van der Waals surface area contributed by atoms with E-state index in [0.29, 0.717) is 5.69 Å². The van der Waals surface area contributed by atoms with Crippen LogP contribution in [0, 0.1) is 12.7 Å². The smallest absolute Gasteiger partial charge is 0.149 e. The first kappa shape index (κ1) is 11.3. The van der Waals surface area contributed by atoms with E-state index in [4.69, 9.17) is 0 Å². The van der Waals surface area contributed by atoms with Crippen molar-refractivity contribution in [2.24, 2.45) is 0 Å². The Balaban J connectivity index is 1.96. The van der Waals surface area contributed by atoms with Crippen LogP contribution in [0.1, 0.15) is 18.7 Å². The first-order valence-electron chi connectivity index (χ1n) is 6.30. The lowest BCUT2D eigenvalue weighted by atomic mass is 10.2. The molecule has 1 saturated heterocycles. The van der Waals surface area contributed by atoms with Crippen LogP contribution >= 0.6 is 0 Å². The highest BCUT2D eigenvalue weighted by Crippen LogP contribution is 2.24. The molecular formula is C14H16FN3. The number of benzene rings is 1. The van der Waals surface area contributed by atoms with Crippen LogP contribution in [0.2, 0.25) is 0 Å². The van der Waals surface area contributed by atoms with E-state index in [0.717, 1.165) is 24.6 Å². The van der Waals surface area contributed by atoms with E-state index in [1.165, 1.54) is 12.8 Å². The van der Waals surface area contributed by atoms with Gasteiger partial charge in [0.2, 0.25) is 0 Å². The van der Waals surface area contributed by atoms with Crippen molar-refractivity contribution in [3.05, 3.63) is 42.2 Å². The molecule has 0 N–H and O–H groups in total. The van der Waals surface area contributed by atoms with Crippen LogP contribution < -0.4 is 4.90 Å². The highest BCUT2D eigenvalue weighted by Gasteiger charge is 2.15. The Labute approximate surface area is 106 Å². The minimum absolute atomic E-state index is 0.194. The quantitative estimate of drug-likeness (QED) is 0.811. The molecule has 0 bridgehead atoms. The predicted molar refractivity (Wildman–Crippen MR) is 69.7 cm³/mol. The molecule has 1 aromatic heterocycles. The third kappa shape index (κ3) is 1.88. The molecule has 0 unspecified atom stereocenters. The summed E-state index contributed by atoms with van der Waals surface area (Å²) in [5.41, 5.74) is 1.54. The fourth-order valence-electron chi connectivity index (χ4n) is 2.50. The molecule has 3 rings (SSSR count). The standard InChI is InChI=1S/C14H16FN3/c1-11-16-6-9-18(11)14-5-4-12(10-13(14)15)17-7-2-3-8-17/h4-6,9-10H,2-3,7-8H2,1H3. The van der Waals surface area contributed by atoms with Crippen molar-refractivity contribution in [1.82, 2.24) is 9.55 Å². The summed E-state index contributed by atoms with van der Waals surface area (Å²) in [7, 11) is 0. The number of hydrogen-bond acceptors (Lipinski definition) is 2. The molecule has 2 heterocycles. The highest BCUT2D eigenvalue weighted by atomic mass is 19.1. The summed E-state index contributed by atoms with van der Waals surface area (Å²) in [6.45, 7) is 3.93. The number of rotatable bonds is 2. The summed E-state index contributed by atoms with van der Waals surface area (Å²) in [6.07, 6.45) is 5.86. The van der Waals surface area contributed by atoms with Crippen LogP contribution in [0.3, 0.4) is 0 Å². The zero-order chi connectivity index (χ0) is 12.5. The molecular weight excluding hydrogens is 229 g/mol. The van der Waals surface area contributed by atoms with Crippen molar-refractivity contribution in [2.45, 2.75) is 19.8 Å². The number of halogens is 1. The van der Waals surface area contributed by atoms with Crippen LogP contribution in [-0.2, 0) is 0 Å². The van der Waals surface area contributed by atoms with Gasteiger partial charge in [0.15, 0.2) is 0 Å². The number of hydrogen-bond donors (Lipinski definition) is 0. The normalized spacial score (nSPS) is 15.3. The van der Waals surface area contributed by atoms with Gasteiger partial charge in [0.25, 0.3) is 0 Å². The second kappa shape index (κ2) is 4.44. The lowest BCUT2D eigenvalue weighted by molar-refractivity contribution is 0.616. The first-order chi connectivity index (χ1) is 8.75. The number of nitrogens with zero attached hydrogens (tertiary/aromatic N) is 3. The van der Waals surface area contributed by atoms with Gasteiger partial charge in [-0.15, -0.1) is 0 Å². The van der Waals surface area contributed by atoms with Gasteiger partial charge in [0.1, 0.15) is 11.6 Å². The lowest BCUT2D eigenvalue weighted by Crippen LogP contribution is -2.17. The van der Waals surface area contributed by atoms with Gasteiger partial charge in [-0.2, -0.15) is 0 Å². The zero-order valence-corrected chi connectivity index (χ0v) is 10.4. The van der Waals surface area contributed by atoms with Crippen LogP contribution in [-0.4, -0.2) is 22.6 Å². The van der Waals surface area contributed by atoms with E-state index in [1.807, 2.05) is 19.1 Å². The summed E-state index contributed by atoms with van der Waals surface area (Å²) >= 11 is 0. The van der Waals surface area contributed by atoms with Gasteiger partial charge in [0.05, 0.1) is 5.69 Å². The molecule has 2 aromatic rings. The Hall–Kier alpha value is -1.84. The topological polar surface area (TPSA) is 21.1 Å². The average Bonchev–Trinajstić information content (AvgIpc) is 3.00. The third-order valence-corrected chi connectivity index (χ3v) is 3.49. The van der Waals surface area contributed by atoms with Crippen molar-refractivity contribution in [2.75, 3.05) is 18.0 Å². The Bertz CT molecular complexity index is 556. The first-order valence-corrected chi connectivity index (χ1v) is 6.30. The van der Waals surface area contributed by atoms with E-state index in [2.05, 4.69) is 9.88 Å². The molecule has 0 saturated carbocycles. The molecule has 0 atom stereocenters. The molecule has 0 radical (unpaired) electrons. The zero-order valence-electron chi connectivity index (χ0n) is 10.4. The van der Waals surface area contributed by atoms with Gasteiger partial charge in [-0.3, -0.25) is 0 Å². The van der Waals surface area contributed by atoms with E-state index >= 15 is 0 Å². The van der Waals surface area contributed by atoms with E-state index < -0.39 is 0 Å². The Morgan fingerprint density at radius 1 is 1.22 bits per heavy atom. The summed E-state index contributed by atoms with van der Waals surface area (Å²) in [6, 6.07) is 5.45. The second-order valence-corrected chi connectivity index (χ2v) is 4.67. The molecule has 0 spiro atoms. The Kier molecular flexibility index (Phi) is 2.78. The molecule has 1 fully saturated rings. The molecule has 1 aliphatic heterocycles. The van der Waals surface area contributed by atoms with E-state index in [9.17, 15) is 4.39 Å². The molecule has 94 valence electrons. The van der Waals surface area contributed by atoms with Crippen molar-refractivity contribution in [3.8, 4) is 5.69 Å². The van der Waals surface area contributed by atoms with Gasteiger partial charge in [-0.1, -0.05) is 0 Å². The van der Waals surface area contributed by atoms with Crippen LogP contribution in [0.4, 0.5) is 10.1 Å². The van der Waals surface area contributed by atoms with Crippen molar-refractivity contribution in [3.63, 3.8) is 0 Å². The molecule has 1 aliphatic rings. The minimum Gasteiger partial charge on any atom is -0.371 e. The maximum Gasteiger partial charge on any atom is 0.149 e. The Morgan fingerprint density at radius 2 is 2.00 bits per heavy atom. The lowest BCUT2D eigenvalue weighted by Gasteiger charge is -2.18. The van der Waals surface area contributed by atoms with Crippen molar-refractivity contribution in [1.29, 1.82) is 0 Å². The molecule has 18 heavy (non-hydrogen) atoms. The SMILES string of the molecule is Cc1nccn1-c1ccc(N2CCCC2)cc1F. The number of imidazole rings is 1. The van der Waals surface area contributed by atoms with Gasteiger partial charge < -0.3 is 9.47 Å². The molecule has 0 aliphatic carbocycles. The van der Waals surface area contributed by atoms with Gasteiger partial charge in [0, 0.05) is 31.2 Å². The average molecular weight is 245 g/mol. The van der Waals surface area contributed by atoms with Gasteiger partial charge >= 0.3 is 0 Å². The summed E-state index contributed by atoms with van der Waals surface area (Å²) in [5.74, 6) is 0.600. The van der Waals surface area contributed by atoms with E-state index in [1.54, 1.807) is 23.0 Å².